The van der Waals surface area contributed by atoms with E-state index in [1.165, 1.54) is 22.7 Å². The lowest BCUT2D eigenvalue weighted by Gasteiger charge is -2.14. The van der Waals surface area contributed by atoms with E-state index in [1.54, 1.807) is 37.3 Å². The van der Waals surface area contributed by atoms with Gasteiger partial charge in [-0.25, -0.2) is 4.39 Å². The van der Waals surface area contributed by atoms with Crippen LogP contribution in [0.1, 0.15) is 23.2 Å². The Labute approximate surface area is 188 Å². The molecule has 4 aromatic rings. The zero-order chi connectivity index (χ0) is 21.8. The predicted molar refractivity (Wildman–Crippen MR) is 124 cm³/mol. The van der Waals surface area contributed by atoms with E-state index in [2.05, 4.69) is 21.6 Å². The molecule has 0 saturated carbocycles. The molecule has 4 rings (SSSR count). The average molecular weight is 453 g/mol. The third-order valence-electron chi connectivity index (χ3n) is 4.72. The Balaban J connectivity index is 1.56. The second kappa shape index (κ2) is 9.45. The molecule has 31 heavy (non-hydrogen) atoms. The monoisotopic (exact) mass is 452 g/mol. The number of hydrogen-bond donors (Lipinski definition) is 1. The molecule has 0 aliphatic carbocycles. The summed E-state index contributed by atoms with van der Waals surface area (Å²) in [5.74, 6) is 0.236. The van der Waals surface area contributed by atoms with Gasteiger partial charge in [-0.1, -0.05) is 42.1 Å². The van der Waals surface area contributed by atoms with Gasteiger partial charge in [0.15, 0.2) is 5.16 Å². The molecule has 0 saturated heterocycles. The van der Waals surface area contributed by atoms with Crippen LogP contribution >= 0.6 is 23.1 Å². The van der Waals surface area contributed by atoms with Crippen molar-refractivity contribution in [1.29, 1.82) is 0 Å². The molecule has 2 aromatic carbocycles. The number of carbonyl (C=O) groups is 1. The molecule has 0 aliphatic heterocycles. The van der Waals surface area contributed by atoms with Gasteiger partial charge in [0.1, 0.15) is 11.6 Å². The fourth-order valence-corrected chi connectivity index (χ4v) is 4.61. The molecular weight excluding hydrogens is 431 g/mol. The largest absolute Gasteiger partial charge is 0.325 e. The van der Waals surface area contributed by atoms with Crippen LogP contribution in [-0.4, -0.2) is 25.9 Å². The Kier molecular flexibility index (Phi) is 6.48. The summed E-state index contributed by atoms with van der Waals surface area (Å²) in [6, 6.07) is 18.6. The minimum absolute atomic E-state index is 0.226. The SMILES string of the molecule is Cc1ccc(NC(=O)C(C)Sc2nnc(Cc3cccs3)n2-c2ccccc2)cc1F. The summed E-state index contributed by atoms with van der Waals surface area (Å²) >= 11 is 2.99. The van der Waals surface area contributed by atoms with Gasteiger partial charge in [0, 0.05) is 22.7 Å². The fraction of sp³-hybridized carbons (Fsp3) is 0.174. The van der Waals surface area contributed by atoms with Crippen molar-refractivity contribution in [2.24, 2.45) is 0 Å². The molecule has 0 aliphatic rings. The van der Waals surface area contributed by atoms with Crippen LogP contribution in [0, 0.1) is 12.7 Å². The second-order valence-corrected chi connectivity index (χ2v) is 9.38. The summed E-state index contributed by atoms with van der Waals surface area (Å²) in [6.07, 6.45) is 0.656. The maximum absolute atomic E-state index is 13.8. The lowest BCUT2D eigenvalue weighted by molar-refractivity contribution is -0.115. The van der Waals surface area contributed by atoms with E-state index in [4.69, 9.17) is 0 Å². The molecule has 0 radical (unpaired) electrons. The number of hydrogen-bond acceptors (Lipinski definition) is 5. The summed E-state index contributed by atoms with van der Waals surface area (Å²) in [5, 5.41) is 13.8. The van der Waals surface area contributed by atoms with E-state index in [0.29, 0.717) is 22.8 Å². The van der Waals surface area contributed by atoms with Gasteiger partial charge in [0.05, 0.1) is 5.25 Å². The lowest BCUT2D eigenvalue weighted by Crippen LogP contribution is -2.23. The maximum Gasteiger partial charge on any atom is 0.237 e. The maximum atomic E-state index is 13.8. The number of amides is 1. The molecule has 0 spiro atoms. The number of thioether (sulfide) groups is 1. The van der Waals surface area contributed by atoms with Crippen molar-refractivity contribution in [3.8, 4) is 5.69 Å². The second-order valence-electron chi connectivity index (χ2n) is 7.04. The van der Waals surface area contributed by atoms with Crippen molar-refractivity contribution < 1.29 is 9.18 Å². The molecule has 2 heterocycles. The van der Waals surface area contributed by atoms with Gasteiger partial charge in [-0.2, -0.15) is 0 Å². The van der Waals surface area contributed by atoms with Gasteiger partial charge in [-0.3, -0.25) is 9.36 Å². The number of thiophene rings is 1. The molecule has 0 fully saturated rings. The Morgan fingerprint density at radius 3 is 2.68 bits per heavy atom. The number of halogens is 1. The molecule has 0 bridgehead atoms. The van der Waals surface area contributed by atoms with Crippen LogP contribution in [0.5, 0.6) is 0 Å². The number of nitrogens with zero attached hydrogens (tertiary/aromatic N) is 3. The molecule has 1 amide bonds. The van der Waals surface area contributed by atoms with E-state index in [9.17, 15) is 9.18 Å². The first-order chi connectivity index (χ1) is 15.0. The molecular formula is C23H21FN4OS2. The number of rotatable bonds is 7. The third-order valence-corrected chi connectivity index (χ3v) is 6.64. The minimum Gasteiger partial charge on any atom is -0.325 e. The van der Waals surface area contributed by atoms with Gasteiger partial charge in [-0.05, 0) is 55.1 Å². The fourth-order valence-electron chi connectivity index (χ4n) is 3.02. The van der Waals surface area contributed by atoms with Crippen LogP contribution in [0.15, 0.2) is 71.2 Å². The number of para-hydroxylation sites is 1. The van der Waals surface area contributed by atoms with E-state index >= 15 is 0 Å². The van der Waals surface area contributed by atoms with Gasteiger partial charge < -0.3 is 5.32 Å². The number of anilines is 1. The van der Waals surface area contributed by atoms with Crippen LogP contribution in [0.2, 0.25) is 0 Å². The predicted octanol–water partition coefficient (Wildman–Crippen LogP) is 5.49. The smallest absolute Gasteiger partial charge is 0.237 e. The molecule has 1 unspecified atom stereocenters. The minimum atomic E-state index is -0.453. The lowest BCUT2D eigenvalue weighted by atomic mass is 10.2. The Morgan fingerprint density at radius 1 is 1.16 bits per heavy atom. The third kappa shape index (κ3) is 5.03. The highest BCUT2D eigenvalue weighted by Gasteiger charge is 2.21. The molecule has 8 heteroatoms. The zero-order valence-corrected chi connectivity index (χ0v) is 18.7. The number of carbonyl (C=O) groups excluding carboxylic acids is 1. The van der Waals surface area contributed by atoms with E-state index in [0.717, 1.165) is 11.5 Å². The van der Waals surface area contributed by atoms with Gasteiger partial charge in [0.25, 0.3) is 0 Å². The van der Waals surface area contributed by atoms with Gasteiger partial charge in [0.2, 0.25) is 5.91 Å². The Bertz CT molecular complexity index is 1180. The first-order valence-electron chi connectivity index (χ1n) is 9.77. The highest BCUT2D eigenvalue weighted by molar-refractivity contribution is 8.00. The van der Waals surface area contributed by atoms with Crippen molar-refractivity contribution in [2.75, 3.05) is 5.32 Å². The summed E-state index contributed by atoms with van der Waals surface area (Å²) in [5.41, 5.74) is 1.91. The number of aryl methyl sites for hydroxylation is 1. The average Bonchev–Trinajstić information content (AvgIpc) is 3.42. The van der Waals surface area contributed by atoms with Crippen molar-refractivity contribution in [3.63, 3.8) is 0 Å². The highest BCUT2D eigenvalue weighted by Crippen LogP contribution is 2.28. The summed E-state index contributed by atoms with van der Waals surface area (Å²) < 4.78 is 15.8. The number of nitrogens with one attached hydrogen (secondary N) is 1. The van der Waals surface area contributed by atoms with E-state index in [1.807, 2.05) is 46.3 Å². The van der Waals surface area contributed by atoms with Crippen LogP contribution in [0.4, 0.5) is 10.1 Å². The van der Waals surface area contributed by atoms with Crippen LogP contribution in [0.3, 0.4) is 0 Å². The first kappa shape index (κ1) is 21.3. The van der Waals surface area contributed by atoms with Crippen LogP contribution in [0.25, 0.3) is 5.69 Å². The van der Waals surface area contributed by atoms with Gasteiger partial charge in [-0.15, -0.1) is 21.5 Å². The van der Waals surface area contributed by atoms with Crippen molar-refractivity contribution in [2.45, 2.75) is 30.7 Å². The number of aromatic nitrogens is 3. The summed E-state index contributed by atoms with van der Waals surface area (Å²) in [7, 11) is 0. The molecule has 1 N–H and O–H groups in total. The topological polar surface area (TPSA) is 59.8 Å². The Morgan fingerprint density at radius 2 is 1.97 bits per heavy atom. The highest BCUT2D eigenvalue weighted by atomic mass is 32.2. The molecule has 5 nitrogen and oxygen atoms in total. The first-order valence-corrected chi connectivity index (χ1v) is 11.5. The zero-order valence-electron chi connectivity index (χ0n) is 17.1. The summed E-state index contributed by atoms with van der Waals surface area (Å²) in [6.45, 7) is 3.48. The van der Waals surface area contributed by atoms with Crippen molar-refractivity contribution >= 4 is 34.7 Å². The van der Waals surface area contributed by atoms with Crippen molar-refractivity contribution in [1.82, 2.24) is 14.8 Å². The van der Waals surface area contributed by atoms with Crippen LogP contribution < -0.4 is 5.32 Å². The number of benzene rings is 2. The molecule has 158 valence electrons. The quantitative estimate of drug-likeness (QED) is 0.377. The van der Waals surface area contributed by atoms with E-state index < -0.39 is 5.25 Å². The molecule has 2 aromatic heterocycles. The van der Waals surface area contributed by atoms with Crippen molar-refractivity contribution in [3.05, 3.63) is 88.1 Å². The summed E-state index contributed by atoms with van der Waals surface area (Å²) in [4.78, 5) is 13.9. The molecule has 1 atom stereocenters. The van der Waals surface area contributed by atoms with Crippen LogP contribution in [-0.2, 0) is 11.2 Å². The standard InChI is InChI=1S/C23H21FN4OS2/c1-15-10-11-17(13-20(15)24)25-22(29)16(2)31-23-27-26-21(14-19-9-6-12-30-19)28(23)18-7-4-3-5-8-18/h3-13,16H,14H2,1-2H3,(H,25,29). The Hall–Kier alpha value is -2.97. The van der Waals surface area contributed by atoms with E-state index in [-0.39, 0.29) is 11.7 Å². The van der Waals surface area contributed by atoms with Gasteiger partial charge >= 0.3 is 0 Å². The normalized spacial score (nSPS) is 12.0.